The van der Waals surface area contributed by atoms with Crippen LogP contribution in [0.4, 0.5) is 0 Å². The quantitative estimate of drug-likeness (QED) is 0.120. The fourth-order valence-electron chi connectivity index (χ4n) is 4.10. The molecule has 0 spiro atoms. The number of ether oxygens (including phenoxy) is 1. The van der Waals surface area contributed by atoms with Crippen LogP contribution in [0.3, 0.4) is 0 Å². The Balaban J connectivity index is 3.91. The van der Waals surface area contributed by atoms with Crippen LogP contribution in [0.15, 0.2) is 0 Å². The molecule has 0 aromatic rings. The molecule has 0 rings (SSSR count). The van der Waals surface area contributed by atoms with Crippen molar-refractivity contribution in [2.75, 3.05) is 13.7 Å². The molecule has 0 saturated carbocycles. The number of esters is 1. The highest BCUT2D eigenvalue weighted by Crippen LogP contribution is 2.11. The molecular weight excluding hydrogens is 428 g/mol. The van der Waals surface area contributed by atoms with E-state index in [9.17, 15) is 14.4 Å². The summed E-state index contributed by atoms with van der Waals surface area (Å²) in [5.41, 5.74) is 0. The molecule has 1 unspecified atom stereocenters. The number of hydrogen-bond donors (Lipinski definition) is 2. The fraction of sp³-hybridized carbons (Fsp3) is 0.893. The average Bonchev–Trinajstić information content (AvgIpc) is 2.84. The van der Waals surface area contributed by atoms with Gasteiger partial charge in [-0.3, -0.25) is 9.59 Å². The largest absolute Gasteiger partial charge is 0.467 e. The second kappa shape index (κ2) is 24.5. The average molecular weight is 483 g/mol. The minimum absolute atomic E-state index is 0.0758. The normalized spacial score (nSPS) is 11.7. The summed E-state index contributed by atoms with van der Waals surface area (Å²) in [7, 11) is 1.30. The number of hydrogen-bond acceptors (Lipinski definition) is 4. The van der Waals surface area contributed by atoms with Crippen molar-refractivity contribution in [3.63, 3.8) is 0 Å². The van der Waals surface area contributed by atoms with Crippen LogP contribution >= 0.6 is 0 Å². The molecule has 1 atom stereocenters. The number of unbranched alkanes of at least 4 members (excludes halogenated alkanes) is 16. The van der Waals surface area contributed by atoms with Gasteiger partial charge in [-0.2, -0.15) is 0 Å². The summed E-state index contributed by atoms with van der Waals surface area (Å²) in [6.07, 6.45) is 22.4. The molecule has 0 aliphatic carbocycles. The smallest absolute Gasteiger partial charge is 0.330 e. The van der Waals surface area contributed by atoms with Crippen LogP contribution in [-0.2, 0) is 19.1 Å². The highest BCUT2D eigenvalue weighted by Gasteiger charge is 2.21. The van der Waals surface area contributed by atoms with Crippen LogP contribution in [0.2, 0.25) is 0 Å². The van der Waals surface area contributed by atoms with E-state index in [1.807, 2.05) is 0 Å². The molecule has 0 aliphatic heterocycles. The van der Waals surface area contributed by atoms with Crippen molar-refractivity contribution in [2.24, 2.45) is 0 Å². The second-order valence-electron chi connectivity index (χ2n) is 9.60. The maximum atomic E-state index is 12.2. The maximum Gasteiger partial charge on any atom is 0.330 e. The Kier molecular flexibility index (Phi) is 23.4. The van der Waals surface area contributed by atoms with Crippen LogP contribution in [0.25, 0.3) is 0 Å². The Morgan fingerprint density at radius 2 is 0.971 bits per heavy atom. The van der Waals surface area contributed by atoms with Crippen molar-refractivity contribution in [1.82, 2.24) is 10.6 Å². The third kappa shape index (κ3) is 21.0. The van der Waals surface area contributed by atoms with Gasteiger partial charge in [0.1, 0.15) is 6.04 Å². The summed E-state index contributed by atoms with van der Waals surface area (Å²) < 4.78 is 4.80. The molecule has 200 valence electrons. The molecule has 6 nitrogen and oxygen atoms in total. The van der Waals surface area contributed by atoms with Crippen molar-refractivity contribution in [3.8, 4) is 0 Å². The molecule has 2 amide bonds. The monoisotopic (exact) mass is 482 g/mol. The summed E-state index contributed by atoms with van der Waals surface area (Å²) >= 11 is 0. The Hall–Kier alpha value is -1.59. The molecule has 0 heterocycles. The van der Waals surface area contributed by atoms with E-state index in [0.29, 0.717) is 12.8 Å². The van der Waals surface area contributed by atoms with Crippen LogP contribution in [0.1, 0.15) is 142 Å². The molecule has 6 heteroatoms. The van der Waals surface area contributed by atoms with E-state index in [1.54, 1.807) is 0 Å². The number of methoxy groups -OCH3 is 1. The molecule has 34 heavy (non-hydrogen) atoms. The molecule has 2 N–H and O–H groups in total. The van der Waals surface area contributed by atoms with Crippen molar-refractivity contribution in [2.45, 2.75) is 148 Å². The van der Waals surface area contributed by atoms with Crippen LogP contribution in [0.5, 0.6) is 0 Å². The third-order valence-electron chi connectivity index (χ3n) is 6.34. The predicted octanol–water partition coefficient (Wildman–Crippen LogP) is 6.60. The Morgan fingerprint density at radius 1 is 0.588 bits per heavy atom. The van der Waals surface area contributed by atoms with Crippen LogP contribution < -0.4 is 10.6 Å². The second-order valence-corrected chi connectivity index (χ2v) is 9.60. The predicted molar refractivity (Wildman–Crippen MR) is 141 cm³/mol. The van der Waals surface area contributed by atoms with Crippen molar-refractivity contribution >= 4 is 17.8 Å². The molecule has 0 bridgehead atoms. The van der Waals surface area contributed by atoms with Crippen molar-refractivity contribution in [3.05, 3.63) is 0 Å². The Labute approximate surface area is 209 Å². The van der Waals surface area contributed by atoms with E-state index in [-0.39, 0.29) is 18.4 Å². The Bertz CT molecular complexity index is 511. The van der Waals surface area contributed by atoms with Crippen molar-refractivity contribution in [1.29, 1.82) is 0 Å². The van der Waals surface area contributed by atoms with Gasteiger partial charge >= 0.3 is 5.97 Å². The van der Waals surface area contributed by atoms with E-state index in [0.717, 1.165) is 32.1 Å². The lowest BCUT2D eigenvalue weighted by molar-refractivity contribution is -0.145. The van der Waals surface area contributed by atoms with Gasteiger partial charge in [-0.1, -0.05) is 117 Å². The van der Waals surface area contributed by atoms with Gasteiger partial charge in [0.05, 0.1) is 7.11 Å². The first-order valence-corrected chi connectivity index (χ1v) is 14.2. The number of carbonyl (C=O) groups is 3. The molecule has 0 saturated heterocycles. The SMILES string of the molecule is CCCCCCCCCCCC(=O)NCC(NC(=O)CCCCCCCCCCC)C(=O)OC. The highest BCUT2D eigenvalue weighted by atomic mass is 16.5. The van der Waals surface area contributed by atoms with Gasteiger partial charge < -0.3 is 15.4 Å². The lowest BCUT2D eigenvalue weighted by atomic mass is 10.1. The summed E-state index contributed by atoms with van der Waals surface area (Å²) in [4.78, 5) is 36.4. The lowest BCUT2D eigenvalue weighted by Gasteiger charge is -2.17. The van der Waals surface area contributed by atoms with Crippen LogP contribution in [0, 0.1) is 0 Å². The molecular formula is C28H54N2O4. The number of amides is 2. The summed E-state index contributed by atoms with van der Waals surface area (Å²) in [5, 5.41) is 5.50. The molecule has 0 aromatic heterocycles. The van der Waals surface area contributed by atoms with Crippen molar-refractivity contribution < 1.29 is 19.1 Å². The van der Waals surface area contributed by atoms with E-state index >= 15 is 0 Å². The minimum Gasteiger partial charge on any atom is -0.467 e. The minimum atomic E-state index is -0.830. The summed E-state index contributed by atoms with van der Waals surface area (Å²) in [6, 6.07) is -0.830. The van der Waals surface area contributed by atoms with Gasteiger partial charge in [0, 0.05) is 19.4 Å². The third-order valence-corrected chi connectivity index (χ3v) is 6.34. The first-order valence-electron chi connectivity index (χ1n) is 14.2. The van der Waals surface area contributed by atoms with Crippen LogP contribution in [-0.4, -0.2) is 37.5 Å². The fourth-order valence-corrected chi connectivity index (χ4v) is 4.10. The van der Waals surface area contributed by atoms with Gasteiger partial charge in [-0.15, -0.1) is 0 Å². The topological polar surface area (TPSA) is 84.5 Å². The molecule has 0 aromatic carbocycles. The lowest BCUT2D eigenvalue weighted by Crippen LogP contribution is -2.48. The van der Waals surface area contributed by atoms with Gasteiger partial charge in [0.25, 0.3) is 0 Å². The zero-order chi connectivity index (χ0) is 25.3. The van der Waals surface area contributed by atoms with E-state index in [4.69, 9.17) is 4.74 Å². The van der Waals surface area contributed by atoms with E-state index < -0.39 is 12.0 Å². The maximum absolute atomic E-state index is 12.2. The standard InChI is InChI=1S/C28H54N2O4/c1-4-6-8-10-12-14-16-18-20-22-26(31)29-24-25(28(33)34-3)30-27(32)23-21-19-17-15-13-11-9-7-5-2/h25H,4-24H2,1-3H3,(H,29,31)(H,30,32). The first kappa shape index (κ1) is 32.4. The number of nitrogens with one attached hydrogen (secondary N) is 2. The molecule has 0 fully saturated rings. The zero-order valence-corrected chi connectivity index (χ0v) is 22.6. The Morgan fingerprint density at radius 3 is 1.38 bits per heavy atom. The van der Waals surface area contributed by atoms with E-state index in [2.05, 4.69) is 24.5 Å². The number of rotatable bonds is 24. The summed E-state index contributed by atoms with van der Waals surface area (Å²) in [6.45, 7) is 4.53. The van der Waals surface area contributed by atoms with Gasteiger partial charge in [0.15, 0.2) is 0 Å². The zero-order valence-electron chi connectivity index (χ0n) is 22.6. The molecule has 0 radical (unpaired) electrons. The first-order chi connectivity index (χ1) is 16.5. The van der Waals surface area contributed by atoms with Gasteiger partial charge in [-0.05, 0) is 12.8 Å². The summed E-state index contributed by atoms with van der Waals surface area (Å²) in [5.74, 6) is -0.764. The highest BCUT2D eigenvalue weighted by molar-refractivity contribution is 5.85. The molecule has 0 aliphatic rings. The van der Waals surface area contributed by atoms with E-state index in [1.165, 1.54) is 90.6 Å². The van der Waals surface area contributed by atoms with Gasteiger partial charge in [0.2, 0.25) is 11.8 Å². The van der Waals surface area contributed by atoms with Gasteiger partial charge in [-0.25, -0.2) is 4.79 Å². The number of carbonyl (C=O) groups excluding carboxylic acids is 3.